The standard InChI is InChI=1S/C24H19ClN6O2S/c1-14-7-3-5-9-18(14)30-22(33)17-8-4-6-10-19(17)31-23(30)28-29-24(31)34-15(2)21(32)27-20-12-11-16(25)13-26-20/h3-13,15H,1-2H3,(H,26,27,32). The number of anilines is 1. The Hall–Kier alpha value is -3.69. The SMILES string of the molecule is Cc1ccccc1-n1c(=O)c2ccccc2n2c(SC(C)C(=O)Nc3ccc(Cl)cn3)nnc12. The van der Waals surface area contributed by atoms with Gasteiger partial charge in [-0.25, -0.2) is 9.55 Å². The first-order chi connectivity index (χ1) is 16.4. The smallest absolute Gasteiger partial charge is 0.267 e. The van der Waals surface area contributed by atoms with Gasteiger partial charge in [-0.2, -0.15) is 0 Å². The topological polar surface area (TPSA) is 94.2 Å². The van der Waals surface area contributed by atoms with Crippen LogP contribution in [0.15, 0.2) is 76.8 Å². The Morgan fingerprint density at radius 3 is 2.59 bits per heavy atom. The first-order valence-corrected chi connectivity index (χ1v) is 11.7. The number of halogens is 1. The van der Waals surface area contributed by atoms with Crippen molar-refractivity contribution in [2.45, 2.75) is 24.3 Å². The second-order valence-corrected chi connectivity index (χ2v) is 9.42. The number of pyridine rings is 1. The molecule has 10 heteroatoms. The molecule has 0 radical (unpaired) electrons. The summed E-state index contributed by atoms with van der Waals surface area (Å²) in [6.07, 6.45) is 1.47. The third kappa shape index (κ3) is 3.93. The van der Waals surface area contributed by atoms with Crippen molar-refractivity contribution in [1.82, 2.24) is 24.1 Å². The van der Waals surface area contributed by atoms with Crippen LogP contribution >= 0.6 is 23.4 Å². The van der Waals surface area contributed by atoms with Crippen molar-refractivity contribution in [3.63, 3.8) is 0 Å². The molecule has 0 saturated carbocycles. The molecule has 1 amide bonds. The zero-order chi connectivity index (χ0) is 23.8. The minimum absolute atomic E-state index is 0.180. The molecule has 0 fully saturated rings. The van der Waals surface area contributed by atoms with Gasteiger partial charge < -0.3 is 5.32 Å². The number of para-hydroxylation sites is 2. The van der Waals surface area contributed by atoms with E-state index in [1.54, 1.807) is 29.7 Å². The molecule has 0 bridgehead atoms. The molecule has 3 aromatic heterocycles. The van der Waals surface area contributed by atoms with Gasteiger partial charge in [0.05, 0.1) is 26.9 Å². The van der Waals surface area contributed by atoms with Crippen molar-refractivity contribution in [2.24, 2.45) is 0 Å². The van der Waals surface area contributed by atoms with Crippen LogP contribution < -0.4 is 10.9 Å². The van der Waals surface area contributed by atoms with Gasteiger partial charge in [0.2, 0.25) is 11.7 Å². The number of amides is 1. The van der Waals surface area contributed by atoms with Gasteiger partial charge in [-0.15, -0.1) is 10.2 Å². The molecule has 1 atom stereocenters. The average Bonchev–Trinajstić information content (AvgIpc) is 3.25. The average molecular weight is 491 g/mol. The van der Waals surface area contributed by atoms with Crippen molar-refractivity contribution in [3.05, 3.63) is 87.8 Å². The van der Waals surface area contributed by atoms with Gasteiger partial charge in [0.15, 0.2) is 5.16 Å². The van der Waals surface area contributed by atoms with E-state index in [0.717, 1.165) is 11.3 Å². The van der Waals surface area contributed by atoms with Crippen LogP contribution in [-0.4, -0.2) is 35.3 Å². The number of thioether (sulfide) groups is 1. The number of aryl methyl sites for hydroxylation is 1. The van der Waals surface area contributed by atoms with Crippen molar-refractivity contribution >= 4 is 51.8 Å². The zero-order valence-corrected chi connectivity index (χ0v) is 19.8. The summed E-state index contributed by atoms with van der Waals surface area (Å²) in [5.74, 6) is 0.548. The lowest BCUT2D eigenvalue weighted by Gasteiger charge is -2.14. The van der Waals surface area contributed by atoms with Crippen LogP contribution in [0.4, 0.5) is 5.82 Å². The fourth-order valence-electron chi connectivity index (χ4n) is 3.68. The van der Waals surface area contributed by atoms with E-state index in [4.69, 9.17) is 11.6 Å². The normalized spacial score (nSPS) is 12.2. The summed E-state index contributed by atoms with van der Waals surface area (Å²) in [4.78, 5) is 30.4. The maximum Gasteiger partial charge on any atom is 0.267 e. The van der Waals surface area contributed by atoms with Gasteiger partial charge in [-0.05, 0) is 49.7 Å². The van der Waals surface area contributed by atoms with Crippen molar-refractivity contribution in [1.29, 1.82) is 0 Å². The van der Waals surface area contributed by atoms with Crippen LogP contribution in [0.2, 0.25) is 5.02 Å². The largest absolute Gasteiger partial charge is 0.310 e. The number of fused-ring (bicyclic) bond motifs is 3. The second-order valence-electron chi connectivity index (χ2n) is 7.67. The van der Waals surface area contributed by atoms with Crippen LogP contribution in [0.5, 0.6) is 0 Å². The summed E-state index contributed by atoms with van der Waals surface area (Å²) >= 11 is 7.11. The third-order valence-corrected chi connectivity index (χ3v) is 6.65. The molecule has 1 N–H and O–H groups in total. The summed E-state index contributed by atoms with van der Waals surface area (Å²) in [5.41, 5.74) is 2.15. The van der Waals surface area contributed by atoms with Crippen LogP contribution in [-0.2, 0) is 4.79 Å². The Morgan fingerprint density at radius 1 is 1.06 bits per heavy atom. The van der Waals surface area contributed by atoms with Gasteiger partial charge in [0.1, 0.15) is 5.82 Å². The number of nitrogens with one attached hydrogen (secondary N) is 1. The van der Waals surface area contributed by atoms with E-state index in [9.17, 15) is 9.59 Å². The van der Waals surface area contributed by atoms with Gasteiger partial charge in [-0.3, -0.25) is 14.0 Å². The first-order valence-electron chi connectivity index (χ1n) is 10.5. The zero-order valence-electron chi connectivity index (χ0n) is 18.3. The monoisotopic (exact) mass is 490 g/mol. The third-order valence-electron chi connectivity index (χ3n) is 5.38. The maximum absolute atomic E-state index is 13.5. The Kier molecular flexibility index (Phi) is 5.80. The van der Waals surface area contributed by atoms with E-state index in [2.05, 4.69) is 20.5 Å². The Bertz CT molecular complexity index is 1600. The highest BCUT2D eigenvalue weighted by atomic mass is 35.5. The van der Waals surface area contributed by atoms with Gasteiger partial charge in [0, 0.05) is 6.20 Å². The summed E-state index contributed by atoms with van der Waals surface area (Å²) in [7, 11) is 0. The highest BCUT2D eigenvalue weighted by Crippen LogP contribution is 2.27. The molecule has 3 heterocycles. The molecule has 5 rings (SSSR count). The van der Waals surface area contributed by atoms with Crippen LogP contribution in [0.25, 0.3) is 22.4 Å². The van der Waals surface area contributed by atoms with Gasteiger partial charge >= 0.3 is 0 Å². The predicted molar refractivity (Wildman–Crippen MR) is 134 cm³/mol. The molecule has 0 saturated heterocycles. The molecule has 0 spiro atoms. The van der Waals surface area contributed by atoms with Crippen molar-refractivity contribution in [2.75, 3.05) is 5.32 Å². The second kappa shape index (κ2) is 8.92. The quantitative estimate of drug-likeness (QED) is 0.364. The lowest BCUT2D eigenvalue weighted by molar-refractivity contribution is -0.115. The number of hydrogen-bond acceptors (Lipinski definition) is 6. The van der Waals surface area contributed by atoms with E-state index in [1.165, 1.54) is 18.0 Å². The number of carbonyl (C=O) groups is 1. The molecule has 5 aromatic rings. The molecule has 1 unspecified atom stereocenters. The summed E-state index contributed by atoms with van der Waals surface area (Å²) in [5, 5.41) is 12.5. The van der Waals surface area contributed by atoms with Crippen molar-refractivity contribution < 1.29 is 4.79 Å². The van der Waals surface area contributed by atoms with Crippen LogP contribution in [0.1, 0.15) is 12.5 Å². The molecule has 34 heavy (non-hydrogen) atoms. The van der Waals surface area contributed by atoms with Gasteiger partial charge in [0.25, 0.3) is 5.56 Å². The maximum atomic E-state index is 13.5. The number of nitrogens with zero attached hydrogens (tertiary/aromatic N) is 5. The minimum Gasteiger partial charge on any atom is -0.310 e. The number of carbonyl (C=O) groups excluding carboxylic acids is 1. The fraction of sp³-hybridized carbons (Fsp3) is 0.125. The lowest BCUT2D eigenvalue weighted by atomic mass is 10.2. The Balaban J connectivity index is 1.59. The summed E-state index contributed by atoms with van der Waals surface area (Å²) < 4.78 is 3.38. The van der Waals surface area contributed by atoms with E-state index in [0.29, 0.717) is 32.7 Å². The van der Waals surface area contributed by atoms with Crippen LogP contribution in [0.3, 0.4) is 0 Å². The molecular weight excluding hydrogens is 472 g/mol. The Morgan fingerprint density at radius 2 is 1.82 bits per heavy atom. The Labute approximate surface area is 203 Å². The summed E-state index contributed by atoms with van der Waals surface area (Å²) in [6.45, 7) is 3.72. The van der Waals surface area contributed by atoms with Crippen LogP contribution in [0, 0.1) is 6.92 Å². The van der Waals surface area contributed by atoms with E-state index in [1.807, 2.05) is 53.8 Å². The van der Waals surface area contributed by atoms with Crippen molar-refractivity contribution in [3.8, 4) is 5.69 Å². The van der Waals surface area contributed by atoms with E-state index < -0.39 is 5.25 Å². The highest BCUT2D eigenvalue weighted by molar-refractivity contribution is 8.00. The first kappa shape index (κ1) is 22.1. The minimum atomic E-state index is -0.512. The molecule has 2 aromatic carbocycles. The molecular formula is C24H19ClN6O2S. The molecule has 0 aliphatic rings. The highest BCUT2D eigenvalue weighted by Gasteiger charge is 2.22. The molecule has 170 valence electrons. The molecule has 0 aliphatic carbocycles. The number of rotatable bonds is 5. The number of aromatic nitrogens is 5. The lowest BCUT2D eigenvalue weighted by Crippen LogP contribution is -2.24. The van der Waals surface area contributed by atoms with E-state index >= 15 is 0 Å². The van der Waals surface area contributed by atoms with E-state index in [-0.39, 0.29) is 11.5 Å². The summed E-state index contributed by atoms with van der Waals surface area (Å²) in [6, 6.07) is 18.2. The number of hydrogen-bond donors (Lipinski definition) is 1. The predicted octanol–water partition coefficient (Wildman–Crippen LogP) is 4.51. The fourth-order valence-corrected chi connectivity index (χ4v) is 4.64. The molecule has 8 nitrogen and oxygen atoms in total. The number of benzene rings is 2. The van der Waals surface area contributed by atoms with Gasteiger partial charge in [-0.1, -0.05) is 53.7 Å². The molecule has 0 aliphatic heterocycles.